The molecule has 0 aliphatic carbocycles. The van der Waals surface area contributed by atoms with Crippen molar-refractivity contribution in [2.45, 2.75) is 20.8 Å². The molecule has 1 N–H and O–H groups in total. The molecule has 0 spiro atoms. The molecule has 0 atom stereocenters. The molecule has 3 aromatic rings. The highest BCUT2D eigenvalue weighted by Crippen LogP contribution is 2.23. The molecule has 0 unspecified atom stereocenters. The molecular formula is C21H21ClN4O. The Morgan fingerprint density at radius 3 is 2.48 bits per heavy atom. The number of anilines is 3. The van der Waals surface area contributed by atoms with Gasteiger partial charge >= 0.3 is 0 Å². The van der Waals surface area contributed by atoms with E-state index in [9.17, 15) is 4.79 Å². The molecular weight excluding hydrogens is 360 g/mol. The summed E-state index contributed by atoms with van der Waals surface area (Å²) in [6.45, 7) is 6.70. The highest BCUT2D eigenvalue weighted by Gasteiger charge is 2.13. The van der Waals surface area contributed by atoms with Crippen LogP contribution in [0.15, 0.2) is 54.9 Å². The number of nitrogens with one attached hydrogen (secondary N) is 1. The quantitative estimate of drug-likeness (QED) is 0.664. The molecule has 0 saturated carbocycles. The topological polar surface area (TPSA) is 58.1 Å². The molecule has 138 valence electrons. The van der Waals surface area contributed by atoms with Gasteiger partial charge in [0.1, 0.15) is 0 Å². The van der Waals surface area contributed by atoms with Crippen molar-refractivity contribution < 1.29 is 4.79 Å². The maximum atomic E-state index is 12.5. The number of rotatable bonds is 5. The van der Waals surface area contributed by atoms with Gasteiger partial charge in [-0.1, -0.05) is 23.7 Å². The predicted octanol–water partition coefficient (Wildman–Crippen LogP) is 5.16. The smallest absolute Gasteiger partial charge is 0.258 e. The van der Waals surface area contributed by atoms with Crippen molar-refractivity contribution in [3.05, 3.63) is 76.6 Å². The second-order valence-electron chi connectivity index (χ2n) is 6.27. The van der Waals surface area contributed by atoms with Gasteiger partial charge in [-0.05, 0) is 62.2 Å². The average molecular weight is 381 g/mol. The van der Waals surface area contributed by atoms with Crippen LogP contribution in [0.2, 0.25) is 5.02 Å². The van der Waals surface area contributed by atoms with Crippen molar-refractivity contribution in [3.8, 4) is 0 Å². The molecule has 27 heavy (non-hydrogen) atoms. The monoisotopic (exact) mass is 380 g/mol. The van der Waals surface area contributed by atoms with Gasteiger partial charge in [0.15, 0.2) is 0 Å². The van der Waals surface area contributed by atoms with Crippen molar-refractivity contribution >= 4 is 34.8 Å². The number of aryl methyl sites for hydroxylation is 2. The lowest BCUT2D eigenvalue weighted by atomic mass is 10.2. The van der Waals surface area contributed by atoms with Gasteiger partial charge in [-0.15, -0.1) is 0 Å². The number of amides is 1. The third-order valence-corrected chi connectivity index (χ3v) is 4.44. The molecule has 0 bridgehead atoms. The maximum Gasteiger partial charge on any atom is 0.258 e. The standard InChI is InChI=1S/C21H21ClN4O/c1-4-26(18-7-5-6-14(2)10-18)21-23-12-16(13-24-21)20(27)25-19-9-8-17(22)11-15(19)3/h5-13H,4H2,1-3H3,(H,25,27). The fraction of sp³-hybridized carbons (Fsp3) is 0.190. The zero-order valence-electron chi connectivity index (χ0n) is 15.5. The predicted molar refractivity (Wildman–Crippen MR) is 110 cm³/mol. The molecule has 0 saturated heterocycles. The molecule has 0 radical (unpaired) electrons. The Labute approximate surface area is 164 Å². The molecule has 0 aliphatic rings. The minimum atomic E-state index is -0.259. The Balaban J connectivity index is 1.78. The molecule has 5 nitrogen and oxygen atoms in total. The Bertz CT molecular complexity index is 957. The van der Waals surface area contributed by atoms with E-state index in [1.807, 2.05) is 43.9 Å². The van der Waals surface area contributed by atoms with Crippen molar-refractivity contribution in [2.24, 2.45) is 0 Å². The third-order valence-electron chi connectivity index (χ3n) is 4.21. The normalized spacial score (nSPS) is 10.5. The van der Waals surface area contributed by atoms with Crippen LogP contribution in [0, 0.1) is 13.8 Å². The number of carbonyl (C=O) groups is 1. The lowest BCUT2D eigenvalue weighted by Crippen LogP contribution is -2.20. The van der Waals surface area contributed by atoms with E-state index in [0.29, 0.717) is 22.2 Å². The Morgan fingerprint density at radius 2 is 1.85 bits per heavy atom. The van der Waals surface area contributed by atoms with Crippen LogP contribution in [-0.4, -0.2) is 22.4 Å². The summed E-state index contributed by atoms with van der Waals surface area (Å²) in [4.78, 5) is 23.3. The molecule has 1 heterocycles. The number of carbonyl (C=O) groups excluding carboxylic acids is 1. The first-order chi connectivity index (χ1) is 13.0. The molecule has 2 aromatic carbocycles. The van der Waals surface area contributed by atoms with E-state index in [0.717, 1.165) is 17.8 Å². The Hall–Kier alpha value is -2.92. The maximum absolute atomic E-state index is 12.5. The van der Waals surface area contributed by atoms with E-state index < -0.39 is 0 Å². The van der Waals surface area contributed by atoms with Crippen LogP contribution >= 0.6 is 11.6 Å². The van der Waals surface area contributed by atoms with Gasteiger partial charge in [0.2, 0.25) is 5.95 Å². The summed E-state index contributed by atoms with van der Waals surface area (Å²) in [7, 11) is 0. The zero-order valence-corrected chi connectivity index (χ0v) is 16.3. The summed E-state index contributed by atoms with van der Waals surface area (Å²) >= 11 is 5.95. The Kier molecular flexibility index (Phi) is 5.72. The largest absolute Gasteiger partial charge is 0.322 e. The summed E-state index contributed by atoms with van der Waals surface area (Å²) in [6, 6.07) is 13.5. The summed E-state index contributed by atoms with van der Waals surface area (Å²) in [5, 5.41) is 3.50. The second kappa shape index (κ2) is 8.18. The van der Waals surface area contributed by atoms with Gasteiger partial charge in [-0.25, -0.2) is 9.97 Å². The average Bonchev–Trinajstić information content (AvgIpc) is 2.65. The summed E-state index contributed by atoms with van der Waals surface area (Å²) in [5.41, 5.74) is 4.19. The van der Waals surface area contributed by atoms with Crippen LogP contribution < -0.4 is 10.2 Å². The fourth-order valence-corrected chi connectivity index (χ4v) is 3.00. The van der Waals surface area contributed by atoms with Gasteiger partial charge in [0.05, 0.1) is 5.56 Å². The first-order valence-corrected chi connectivity index (χ1v) is 9.09. The molecule has 3 rings (SSSR count). The van der Waals surface area contributed by atoms with Crippen molar-refractivity contribution in [3.63, 3.8) is 0 Å². The van der Waals surface area contributed by atoms with Gasteiger partial charge in [-0.3, -0.25) is 4.79 Å². The van der Waals surface area contributed by atoms with Gasteiger partial charge in [-0.2, -0.15) is 0 Å². The zero-order chi connectivity index (χ0) is 19.4. The van der Waals surface area contributed by atoms with Crippen molar-refractivity contribution in [1.29, 1.82) is 0 Å². The molecule has 1 aromatic heterocycles. The number of hydrogen-bond donors (Lipinski definition) is 1. The van der Waals surface area contributed by atoms with Crippen LogP contribution in [-0.2, 0) is 0 Å². The van der Waals surface area contributed by atoms with E-state index in [4.69, 9.17) is 11.6 Å². The number of aromatic nitrogens is 2. The Morgan fingerprint density at radius 1 is 1.11 bits per heavy atom. The van der Waals surface area contributed by atoms with E-state index in [1.54, 1.807) is 30.6 Å². The first-order valence-electron chi connectivity index (χ1n) is 8.71. The summed E-state index contributed by atoms with van der Waals surface area (Å²) < 4.78 is 0. The van der Waals surface area contributed by atoms with Crippen molar-refractivity contribution in [2.75, 3.05) is 16.8 Å². The number of hydrogen-bond acceptors (Lipinski definition) is 4. The molecule has 0 aliphatic heterocycles. The minimum absolute atomic E-state index is 0.259. The van der Waals surface area contributed by atoms with Crippen LogP contribution in [0.5, 0.6) is 0 Å². The minimum Gasteiger partial charge on any atom is -0.322 e. The lowest BCUT2D eigenvalue weighted by molar-refractivity contribution is 0.102. The highest BCUT2D eigenvalue weighted by atomic mass is 35.5. The van der Waals surface area contributed by atoms with E-state index in [1.165, 1.54) is 5.56 Å². The van der Waals surface area contributed by atoms with Gasteiger partial charge in [0.25, 0.3) is 5.91 Å². The molecule has 0 fully saturated rings. The number of halogens is 1. The SMILES string of the molecule is CCN(c1cccc(C)c1)c1ncc(C(=O)Nc2ccc(Cl)cc2C)cn1. The summed E-state index contributed by atoms with van der Waals surface area (Å²) in [5.74, 6) is 0.299. The van der Waals surface area contributed by atoms with Crippen LogP contribution in [0.1, 0.15) is 28.4 Å². The number of nitrogens with zero attached hydrogens (tertiary/aromatic N) is 3. The molecule has 6 heteroatoms. The highest BCUT2D eigenvalue weighted by molar-refractivity contribution is 6.30. The fourth-order valence-electron chi connectivity index (χ4n) is 2.78. The van der Waals surface area contributed by atoms with E-state index in [2.05, 4.69) is 21.4 Å². The van der Waals surface area contributed by atoms with Gasteiger partial charge < -0.3 is 10.2 Å². The second-order valence-corrected chi connectivity index (χ2v) is 6.70. The van der Waals surface area contributed by atoms with Crippen LogP contribution in [0.3, 0.4) is 0 Å². The van der Waals surface area contributed by atoms with E-state index in [-0.39, 0.29) is 5.91 Å². The third kappa shape index (κ3) is 4.44. The first kappa shape index (κ1) is 18.9. The van der Waals surface area contributed by atoms with Crippen LogP contribution in [0.25, 0.3) is 0 Å². The lowest BCUT2D eigenvalue weighted by Gasteiger charge is -2.21. The van der Waals surface area contributed by atoms with Gasteiger partial charge in [0, 0.05) is 35.3 Å². The molecule has 1 amide bonds. The van der Waals surface area contributed by atoms with Crippen molar-refractivity contribution in [1.82, 2.24) is 9.97 Å². The van der Waals surface area contributed by atoms with Crippen LogP contribution in [0.4, 0.5) is 17.3 Å². The number of benzene rings is 2. The van der Waals surface area contributed by atoms with E-state index >= 15 is 0 Å². The summed E-state index contributed by atoms with van der Waals surface area (Å²) in [6.07, 6.45) is 3.09.